The molecule has 0 radical (unpaired) electrons. The molecule has 1 heterocycles. The van der Waals surface area contributed by atoms with Crippen LogP contribution in [0.25, 0.3) is 0 Å². The minimum Gasteiger partial charge on any atom is -0.329 e. The molecule has 1 unspecified atom stereocenters. The van der Waals surface area contributed by atoms with Gasteiger partial charge in [0.1, 0.15) is 0 Å². The molecule has 0 spiro atoms. The lowest BCUT2D eigenvalue weighted by atomic mass is 10.2. The molecule has 0 bridgehead atoms. The molecule has 1 rings (SSSR count). The fourth-order valence-electron chi connectivity index (χ4n) is 1.87. The Morgan fingerprint density at radius 1 is 1.13 bits per heavy atom. The lowest BCUT2D eigenvalue weighted by Crippen LogP contribution is -2.50. The van der Waals surface area contributed by atoms with Crippen molar-refractivity contribution in [2.24, 2.45) is 5.73 Å². The summed E-state index contributed by atoms with van der Waals surface area (Å²) in [6.07, 6.45) is 1.26. The Bertz CT molecular complexity index is 131. The molecule has 0 saturated carbocycles. The van der Waals surface area contributed by atoms with E-state index >= 15 is 0 Å². The number of nitrogens with zero attached hydrogens (tertiary/aromatic N) is 2. The van der Waals surface area contributed by atoms with E-state index < -0.39 is 0 Å². The summed E-state index contributed by atoms with van der Waals surface area (Å²) in [5, 5.41) is 0. The third kappa shape index (κ3) is 5.50. The van der Waals surface area contributed by atoms with Crippen LogP contribution >= 0.6 is 0 Å². The molecule has 0 aliphatic carbocycles. The summed E-state index contributed by atoms with van der Waals surface area (Å²) in [6, 6.07) is 0.750. The van der Waals surface area contributed by atoms with Gasteiger partial charge in [0.2, 0.25) is 0 Å². The highest BCUT2D eigenvalue weighted by Gasteiger charge is 2.18. The summed E-state index contributed by atoms with van der Waals surface area (Å²) < 4.78 is 0. The predicted molar refractivity (Wildman–Crippen MR) is 68.2 cm³/mol. The minimum absolute atomic E-state index is 0.750. The summed E-state index contributed by atoms with van der Waals surface area (Å²) in [7, 11) is 0. The van der Waals surface area contributed by atoms with Gasteiger partial charge < -0.3 is 5.73 Å². The first-order valence-corrected chi connectivity index (χ1v) is 6.44. The van der Waals surface area contributed by atoms with E-state index in [0.29, 0.717) is 0 Å². The van der Waals surface area contributed by atoms with Crippen molar-refractivity contribution in [3.8, 4) is 0 Å². The molecular weight excluding hydrogens is 186 g/mol. The molecule has 1 aliphatic rings. The first-order valence-electron chi connectivity index (χ1n) is 6.44. The van der Waals surface area contributed by atoms with Crippen molar-refractivity contribution < 1.29 is 0 Å². The molecule has 0 aromatic carbocycles. The van der Waals surface area contributed by atoms with E-state index in [-0.39, 0.29) is 0 Å². The summed E-state index contributed by atoms with van der Waals surface area (Å²) in [6.45, 7) is 15.3. The van der Waals surface area contributed by atoms with E-state index in [0.717, 1.165) is 19.1 Å². The van der Waals surface area contributed by atoms with Gasteiger partial charge >= 0.3 is 0 Å². The number of piperazine rings is 1. The fraction of sp³-hybridized carbons (Fsp3) is 1.00. The number of hydrogen-bond acceptors (Lipinski definition) is 3. The maximum absolute atomic E-state index is 5.52. The van der Waals surface area contributed by atoms with Crippen LogP contribution in [0.15, 0.2) is 0 Å². The van der Waals surface area contributed by atoms with Crippen molar-refractivity contribution in [3.05, 3.63) is 0 Å². The van der Waals surface area contributed by atoms with Gasteiger partial charge in [0, 0.05) is 45.3 Å². The van der Waals surface area contributed by atoms with E-state index in [1.54, 1.807) is 0 Å². The van der Waals surface area contributed by atoms with Crippen molar-refractivity contribution >= 4 is 0 Å². The molecule has 2 N–H and O–H groups in total. The Balaban J connectivity index is 0.000000921. The normalized spacial score (nSPS) is 20.6. The Hall–Kier alpha value is -0.120. The molecule has 1 aliphatic heterocycles. The highest BCUT2D eigenvalue weighted by Crippen LogP contribution is 2.07. The van der Waals surface area contributed by atoms with Crippen molar-refractivity contribution in [2.75, 3.05) is 39.3 Å². The molecule has 1 fully saturated rings. The van der Waals surface area contributed by atoms with Gasteiger partial charge in [-0.25, -0.2) is 0 Å². The average Bonchev–Trinajstić information content (AvgIpc) is 2.32. The Kier molecular flexibility index (Phi) is 9.06. The van der Waals surface area contributed by atoms with E-state index in [1.807, 2.05) is 13.8 Å². The number of nitrogens with two attached hydrogens (primary N) is 1. The van der Waals surface area contributed by atoms with E-state index in [1.165, 1.54) is 32.6 Å². The second-order valence-electron chi connectivity index (χ2n) is 3.92. The molecule has 1 saturated heterocycles. The highest BCUT2D eigenvalue weighted by atomic mass is 15.3. The predicted octanol–water partition coefficient (Wildman–Crippen LogP) is 1.39. The van der Waals surface area contributed by atoms with Crippen molar-refractivity contribution in [3.63, 3.8) is 0 Å². The SMILES string of the molecule is CC.CCC(C)N1CCN(CCN)CC1. The Morgan fingerprint density at radius 3 is 2.07 bits per heavy atom. The van der Waals surface area contributed by atoms with Gasteiger partial charge in [-0.1, -0.05) is 20.8 Å². The first kappa shape index (κ1) is 14.9. The third-order valence-electron chi connectivity index (χ3n) is 3.07. The van der Waals surface area contributed by atoms with Crippen LogP contribution in [-0.4, -0.2) is 55.1 Å². The molecule has 15 heavy (non-hydrogen) atoms. The summed E-state index contributed by atoms with van der Waals surface area (Å²) in [4.78, 5) is 5.03. The van der Waals surface area contributed by atoms with Gasteiger partial charge in [-0.15, -0.1) is 0 Å². The minimum atomic E-state index is 0.750. The van der Waals surface area contributed by atoms with Crippen LogP contribution in [-0.2, 0) is 0 Å². The quantitative estimate of drug-likeness (QED) is 0.769. The zero-order chi connectivity index (χ0) is 11.7. The van der Waals surface area contributed by atoms with Gasteiger partial charge in [-0.3, -0.25) is 9.80 Å². The van der Waals surface area contributed by atoms with Gasteiger partial charge in [-0.05, 0) is 13.3 Å². The largest absolute Gasteiger partial charge is 0.329 e. The molecule has 3 nitrogen and oxygen atoms in total. The lowest BCUT2D eigenvalue weighted by Gasteiger charge is -2.37. The Labute approximate surface area is 95.6 Å². The van der Waals surface area contributed by atoms with E-state index in [4.69, 9.17) is 5.73 Å². The smallest absolute Gasteiger partial charge is 0.0113 e. The molecule has 0 amide bonds. The molecule has 3 heteroatoms. The lowest BCUT2D eigenvalue weighted by molar-refractivity contribution is 0.103. The van der Waals surface area contributed by atoms with Crippen LogP contribution < -0.4 is 5.73 Å². The topological polar surface area (TPSA) is 32.5 Å². The van der Waals surface area contributed by atoms with Crippen molar-refractivity contribution in [1.82, 2.24) is 9.80 Å². The zero-order valence-electron chi connectivity index (χ0n) is 11.0. The van der Waals surface area contributed by atoms with E-state index in [2.05, 4.69) is 23.6 Å². The molecule has 0 aromatic rings. The van der Waals surface area contributed by atoms with Crippen LogP contribution in [0, 0.1) is 0 Å². The van der Waals surface area contributed by atoms with Crippen LogP contribution in [0.4, 0.5) is 0 Å². The van der Waals surface area contributed by atoms with Gasteiger partial charge in [0.25, 0.3) is 0 Å². The summed E-state index contributed by atoms with van der Waals surface area (Å²) in [5.41, 5.74) is 5.52. The monoisotopic (exact) mass is 215 g/mol. The van der Waals surface area contributed by atoms with Gasteiger partial charge in [-0.2, -0.15) is 0 Å². The standard InChI is InChI=1S/C10H23N3.C2H6/c1-3-10(2)13-8-6-12(5-4-11)7-9-13;1-2/h10H,3-9,11H2,1-2H3;1-2H3. The molecule has 1 atom stereocenters. The van der Waals surface area contributed by atoms with Crippen molar-refractivity contribution in [1.29, 1.82) is 0 Å². The summed E-state index contributed by atoms with van der Waals surface area (Å²) >= 11 is 0. The van der Waals surface area contributed by atoms with Gasteiger partial charge in [0.15, 0.2) is 0 Å². The van der Waals surface area contributed by atoms with Crippen LogP contribution in [0.5, 0.6) is 0 Å². The molecular formula is C12H29N3. The maximum Gasteiger partial charge on any atom is 0.0113 e. The van der Waals surface area contributed by atoms with Gasteiger partial charge in [0.05, 0.1) is 0 Å². The average molecular weight is 215 g/mol. The number of hydrogen-bond donors (Lipinski definition) is 1. The molecule has 92 valence electrons. The zero-order valence-corrected chi connectivity index (χ0v) is 11.0. The Morgan fingerprint density at radius 2 is 1.67 bits per heavy atom. The summed E-state index contributed by atoms with van der Waals surface area (Å²) in [5.74, 6) is 0. The van der Waals surface area contributed by atoms with E-state index in [9.17, 15) is 0 Å². The van der Waals surface area contributed by atoms with Crippen molar-refractivity contribution in [2.45, 2.75) is 40.2 Å². The second kappa shape index (κ2) is 9.13. The highest BCUT2D eigenvalue weighted by molar-refractivity contribution is 4.75. The number of rotatable bonds is 4. The fourth-order valence-corrected chi connectivity index (χ4v) is 1.87. The third-order valence-corrected chi connectivity index (χ3v) is 3.07. The van der Waals surface area contributed by atoms with Crippen LogP contribution in [0.1, 0.15) is 34.1 Å². The van der Waals surface area contributed by atoms with Crippen LogP contribution in [0.2, 0.25) is 0 Å². The maximum atomic E-state index is 5.52. The second-order valence-corrected chi connectivity index (χ2v) is 3.92. The van der Waals surface area contributed by atoms with Crippen LogP contribution in [0.3, 0.4) is 0 Å². The molecule has 0 aromatic heterocycles. The first-order chi connectivity index (χ1) is 7.27.